The molecule has 0 saturated heterocycles. The first-order valence-electron chi connectivity index (χ1n) is 6.70. The third-order valence-corrected chi connectivity index (χ3v) is 4.27. The third kappa shape index (κ3) is 2.36. The Morgan fingerprint density at radius 2 is 2.07 bits per heavy atom. The van der Waals surface area contributed by atoms with Crippen LogP contribution in [0.1, 0.15) is 52.9 Å². The van der Waals surface area contributed by atoms with Crippen LogP contribution in [0.15, 0.2) is 0 Å². The topological polar surface area (TPSA) is 29.3 Å². The molecule has 2 unspecified atom stereocenters. The van der Waals surface area contributed by atoms with Crippen molar-refractivity contribution in [1.82, 2.24) is 4.90 Å². The van der Waals surface area contributed by atoms with Gasteiger partial charge in [0.25, 0.3) is 0 Å². The van der Waals surface area contributed by atoms with E-state index in [4.69, 9.17) is 5.73 Å². The fourth-order valence-electron chi connectivity index (χ4n) is 3.49. The molecule has 1 saturated carbocycles. The first-order chi connectivity index (χ1) is 7.25. The number of rotatable bonds is 6. The summed E-state index contributed by atoms with van der Waals surface area (Å²) < 4.78 is 0. The predicted octanol–water partition coefficient (Wildman–Crippen LogP) is 2.63. The van der Waals surface area contributed by atoms with Crippen molar-refractivity contribution in [2.75, 3.05) is 19.6 Å². The summed E-state index contributed by atoms with van der Waals surface area (Å²) in [6, 6.07) is 0. The van der Waals surface area contributed by atoms with Crippen LogP contribution in [0.3, 0.4) is 0 Å². The van der Waals surface area contributed by atoms with Crippen molar-refractivity contribution in [3.05, 3.63) is 0 Å². The average Bonchev–Trinajstić information content (AvgIpc) is 2.69. The van der Waals surface area contributed by atoms with Gasteiger partial charge < -0.3 is 5.73 Å². The van der Waals surface area contributed by atoms with E-state index in [9.17, 15) is 0 Å². The molecule has 0 bridgehead atoms. The molecule has 1 fully saturated rings. The molecular weight excluding hydrogens is 184 g/mol. The van der Waals surface area contributed by atoms with Crippen LogP contribution < -0.4 is 5.73 Å². The molecule has 0 aromatic carbocycles. The zero-order chi connectivity index (χ0) is 11.3. The molecule has 0 aromatic heterocycles. The van der Waals surface area contributed by atoms with Crippen LogP contribution in [0.25, 0.3) is 0 Å². The van der Waals surface area contributed by atoms with Gasteiger partial charge in [0.05, 0.1) is 0 Å². The number of hydrogen-bond acceptors (Lipinski definition) is 2. The lowest BCUT2D eigenvalue weighted by atomic mass is 9.83. The van der Waals surface area contributed by atoms with E-state index in [-0.39, 0.29) is 0 Å². The minimum absolute atomic E-state index is 0.333. The standard InChI is InChI=1S/C13H28N2/c1-4-10-15(6-3)13(11-14)9-7-8-12(13)5-2/h12H,4-11,14H2,1-3H3. The van der Waals surface area contributed by atoms with Gasteiger partial charge in [0, 0.05) is 12.1 Å². The fourth-order valence-corrected chi connectivity index (χ4v) is 3.49. The molecule has 0 aromatic rings. The van der Waals surface area contributed by atoms with Crippen LogP contribution in [0, 0.1) is 5.92 Å². The maximum absolute atomic E-state index is 6.10. The van der Waals surface area contributed by atoms with Gasteiger partial charge in [0.2, 0.25) is 0 Å². The Labute approximate surface area is 95.2 Å². The van der Waals surface area contributed by atoms with Crippen molar-refractivity contribution in [2.24, 2.45) is 11.7 Å². The van der Waals surface area contributed by atoms with Crippen LogP contribution >= 0.6 is 0 Å². The maximum atomic E-state index is 6.10. The molecule has 2 heteroatoms. The van der Waals surface area contributed by atoms with Crippen LogP contribution in [0.4, 0.5) is 0 Å². The Balaban J connectivity index is 2.80. The minimum Gasteiger partial charge on any atom is -0.329 e. The molecule has 1 aliphatic carbocycles. The summed E-state index contributed by atoms with van der Waals surface area (Å²) in [6.07, 6.45) is 6.60. The Kier molecular flexibility index (Phi) is 5.07. The van der Waals surface area contributed by atoms with E-state index >= 15 is 0 Å². The largest absolute Gasteiger partial charge is 0.329 e. The van der Waals surface area contributed by atoms with Crippen molar-refractivity contribution < 1.29 is 0 Å². The van der Waals surface area contributed by atoms with Gasteiger partial charge in [-0.25, -0.2) is 0 Å². The molecule has 1 aliphatic rings. The smallest absolute Gasteiger partial charge is 0.0359 e. The van der Waals surface area contributed by atoms with E-state index in [0.717, 1.165) is 19.0 Å². The summed E-state index contributed by atoms with van der Waals surface area (Å²) in [5.41, 5.74) is 6.43. The highest BCUT2D eigenvalue weighted by Crippen LogP contribution is 2.41. The summed E-state index contributed by atoms with van der Waals surface area (Å²) in [4.78, 5) is 2.65. The lowest BCUT2D eigenvalue weighted by molar-refractivity contribution is 0.0605. The van der Waals surface area contributed by atoms with E-state index in [2.05, 4.69) is 25.7 Å². The molecular formula is C13H28N2. The molecule has 0 radical (unpaired) electrons. The van der Waals surface area contributed by atoms with Gasteiger partial charge in [0.15, 0.2) is 0 Å². The normalized spacial score (nSPS) is 31.4. The first-order valence-corrected chi connectivity index (χ1v) is 6.70. The second-order valence-corrected chi connectivity index (χ2v) is 4.88. The number of likely N-dealkylation sites (N-methyl/N-ethyl adjacent to an activating group) is 1. The molecule has 0 heterocycles. The number of nitrogens with zero attached hydrogens (tertiary/aromatic N) is 1. The van der Waals surface area contributed by atoms with Gasteiger partial charge >= 0.3 is 0 Å². The molecule has 2 atom stereocenters. The Bertz CT molecular complexity index is 181. The van der Waals surface area contributed by atoms with Gasteiger partial charge in [0.1, 0.15) is 0 Å². The molecule has 90 valence electrons. The van der Waals surface area contributed by atoms with Crippen LogP contribution in [0.2, 0.25) is 0 Å². The molecule has 2 N–H and O–H groups in total. The zero-order valence-electron chi connectivity index (χ0n) is 10.8. The highest BCUT2D eigenvalue weighted by molar-refractivity contribution is 5.01. The van der Waals surface area contributed by atoms with Crippen LogP contribution in [0.5, 0.6) is 0 Å². The van der Waals surface area contributed by atoms with Crippen molar-refractivity contribution >= 4 is 0 Å². The summed E-state index contributed by atoms with van der Waals surface area (Å²) in [7, 11) is 0. The molecule has 0 aliphatic heterocycles. The second-order valence-electron chi connectivity index (χ2n) is 4.88. The Hall–Kier alpha value is -0.0800. The fraction of sp³-hybridized carbons (Fsp3) is 1.00. The van der Waals surface area contributed by atoms with E-state index in [1.165, 1.54) is 38.6 Å². The summed E-state index contributed by atoms with van der Waals surface area (Å²) in [6.45, 7) is 10.1. The molecule has 15 heavy (non-hydrogen) atoms. The van der Waals surface area contributed by atoms with Gasteiger partial charge in [-0.05, 0) is 38.3 Å². The van der Waals surface area contributed by atoms with Crippen LogP contribution in [-0.2, 0) is 0 Å². The maximum Gasteiger partial charge on any atom is 0.0359 e. The Morgan fingerprint density at radius 1 is 1.33 bits per heavy atom. The van der Waals surface area contributed by atoms with Crippen LogP contribution in [-0.4, -0.2) is 30.1 Å². The lowest BCUT2D eigenvalue weighted by Crippen LogP contribution is -2.56. The predicted molar refractivity (Wildman–Crippen MR) is 67.0 cm³/mol. The highest BCUT2D eigenvalue weighted by atomic mass is 15.2. The van der Waals surface area contributed by atoms with E-state index < -0.39 is 0 Å². The lowest BCUT2D eigenvalue weighted by Gasteiger charge is -2.44. The van der Waals surface area contributed by atoms with E-state index in [1.807, 2.05) is 0 Å². The quantitative estimate of drug-likeness (QED) is 0.733. The monoisotopic (exact) mass is 212 g/mol. The van der Waals surface area contributed by atoms with Crippen molar-refractivity contribution in [3.8, 4) is 0 Å². The summed E-state index contributed by atoms with van der Waals surface area (Å²) >= 11 is 0. The van der Waals surface area contributed by atoms with E-state index in [1.54, 1.807) is 0 Å². The summed E-state index contributed by atoms with van der Waals surface area (Å²) in [5, 5.41) is 0. The highest BCUT2D eigenvalue weighted by Gasteiger charge is 2.44. The minimum atomic E-state index is 0.333. The zero-order valence-corrected chi connectivity index (χ0v) is 10.8. The summed E-state index contributed by atoms with van der Waals surface area (Å²) in [5.74, 6) is 0.828. The number of nitrogens with two attached hydrogens (primary N) is 1. The number of hydrogen-bond donors (Lipinski definition) is 1. The van der Waals surface area contributed by atoms with Gasteiger partial charge in [-0.3, -0.25) is 4.90 Å². The second kappa shape index (κ2) is 5.86. The first kappa shape index (κ1) is 13.0. The van der Waals surface area contributed by atoms with E-state index in [0.29, 0.717) is 5.54 Å². The van der Waals surface area contributed by atoms with Crippen molar-refractivity contribution in [1.29, 1.82) is 0 Å². The molecule has 2 nitrogen and oxygen atoms in total. The van der Waals surface area contributed by atoms with Crippen molar-refractivity contribution in [3.63, 3.8) is 0 Å². The third-order valence-electron chi connectivity index (χ3n) is 4.27. The average molecular weight is 212 g/mol. The van der Waals surface area contributed by atoms with Crippen molar-refractivity contribution in [2.45, 2.75) is 58.4 Å². The van der Waals surface area contributed by atoms with Gasteiger partial charge in [-0.2, -0.15) is 0 Å². The Morgan fingerprint density at radius 3 is 2.53 bits per heavy atom. The SMILES string of the molecule is CCCN(CC)C1(CN)CCCC1CC. The van der Waals surface area contributed by atoms with Gasteiger partial charge in [-0.1, -0.05) is 33.6 Å². The van der Waals surface area contributed by atoms with Gasteiger partial charge in [-0.15, -0.1) is 0 Å². The molecule has 1 rings (SSSR count). The molecule has 0 spiro atoms. The molecule has 0 amide bonds.